The zero-order valence-electron chi connectivity index (χ0n) is 31.4. The second kappa shape index (κ2) is 20.0. The zero-order chi connectivity index (χ0) is 37.6. The molecule has 0 fully saturated rings. The molecule has 4 aromatic rings. The maximum Gasteiger partial charge on any atom is 0.251 e. The number of imidazole rings is 1. The summed E-state index contributed by atoms with van der Waals surface area (Å²) in [6.07, 6.45) is 9.43. The van der Waals surface area contributed by atoms with E-state index in [1.165, 1.54) is 0 Å². The highest BCUT2D eigenvalue weighted by Crippen LogP contribution is 2.34. The SMILES string of the molecule is CCCCOCCOc1ccc(-c2ccc3c(c2)C=C(C(=O)Nc2ccc([S+]([O-])Cc4nccn4CCCC(=O)NC)cc2)CCN3CC(C)C)cc1. The van der Waals surface area contributed by atoms with Gasteiger partial charge in [-0.05, 0) is 108 Å². The van der Waals surface area contributed by atoms with Gasteiger partial charge in [0.2, 0.25) is 5.91 Å². The molecule has 1 atom stereocenters. The minimum atomic E-state index is -1.33. The average Bonchev–Trinajstić information content (AvgIpc) is 3.52. The largest absolute Gasteiger partial charge is 0.611 e. The number of unbranched alkanes of at least 4 members (excludes halogenated alkanes) is 1. The maximum absolute atomic E-state index is 13.7. The van der Waals surface area contributed by atoms with E-state index in [0.29, 0.717) is 66.9 Å². The van der Waals surface area contributed by atoms with Crippen LogP contribution in [0.4, 0.5) is 11.4 Å². The Morgan fingerprint density at radius 1 is 0.981 bits per heavy atom. The minimum absolute atomic E-state index is 0.00628. The molecule has 282 valence electrons. The van der Waals surface area contributed by atoms with Gasteiger partial charge in [-0.25, -0.2) is 4.98 Å². The number of benzene rings is 3. The van der Waals surface area contributed by atoms with Gasteiger partial charge >= 0.3 is 0 Å². The van der Waals surface area contributed by atoms with E-state index in [9.17, 15) is 14.1 Å². The van der Waals surface area contributed by atoms with E-state index in [2.05, 4.69) is 71.6 Å². The number of amides is 2. The number of aromatic nitrogens is 2. The number of carbonyl (C=O) groups is 2. The lowest BCUT2D eigenvalue weighted by Gasteiger charge is -2.27. The normalized spacial score (nSPS) is 13.2. The molecular formula is C42H53N5O5S. The van der Waals surface area contributed by atoms with E-state index in [4.69, 9.17) is 9.47 Å². The first-order valence-corrected chi connectivity index (χ1v) is 20.0. The Labute approximate surface area is 317 Å². The number of fused-ring (bicyclic) bond motifs is 1. The summed E-state index contributed by atoms with van der Waals surface area (Å²) in [4.78, 5) is 32.7. The molecule has 1 aromatic heterocycles. The molecule has 0 aliphatic carbocycles. The van der Waals surface area contributed by atoms with Gasteiger partial charge in [0, 0.05) is 69.1 Å². The summed E-state index contributed by atoms with van der Waals surface area (Å²) in [6.45, 7) is 10.7. The van der Waals surface area contributed by atoms with Gasteiger partial charge in [-0.2, -0.15) is 0 Å². The van der Waals surface area contributed by atoms with Crippen LogP contribution in [0.25, 0.3) is 17.2 Å². The molecule has 0 bridgehead atoms. The van der Waals surface area contributed by atoms with E-state index < -0.39 is 11.2 Å². The van der Waals surface area contributed by atoms with Crippen molar-refractivity contribution in [2.45, 2.75) is 70.1 Å². The summed E-state index contributed by atoms with van der Waals surface area (Å²) in [5, 5.41) is 5.70. The van der Waals surface area contributed by atoms with Crippen molar-refractivity contribution in [3.8, 4) is 16.9 Å². The number of ether oxygens (including phenoxy) is 2. The Bertz CT molecular complexity index is 1810. The van der Waals surface area contributed by atoms with E-state index in [1.54, 1.807) is 37.5 Å². The number of carbonyl (C=O) groups excluding carboxylic acids is 2. The van der Waals surface area contributed by atoms with Crippen LogP contribution in [0.3, 0.4) is 0 Å². The number of hydrogen-bond donors (Lipinski definition) is 2. The number of anilines is 2. The molecule has 2 amide bonds. The van der Waals surface area contributed by atoms with Gasteiger partial charge in [0.1, 0.15) is 12.4 Å². The number of nitrogens with zero attached hydrogens (tertiary/aromatic N) is 3. The first-order chi connectivity index (χ1) is 25.7. The monoisotopic (exact) mass is 739 g/mol. The standard InChI is InChI=1S/C42H53N5O5S/c1-5-6-24-51-25-26-52-37-14-9-32(10-15-37)33-11-18-39-35(27-33)28-34(19-22-47(39)29-31(2)3)42(49)45-36-12-16-38(17-13-36)53(50)30-40-44-20-23-46(40)21-7-8-41(48)43-4/h9-18,20,23,27-28,31H,5-8,19,21-22,24-26,29-30H2,1-4H3,(H,43,48)(H,45,49). The fourth-order valence-corrected chi connectivity index (χ4v) is 7.30. The summed E-state index contributed by atoms with van der Waals surface area (Å²) >= 11 is -1.33. The molecule has 1 aliphatic heterocycles. The number of hydrogen-bond acceptors (Lipinski definition) is 7. The van der Waals surface area contributed by atoms with E-state index >= 15 is 0 Å². The molecule has 2 heterocycles. The van der Waals surface area contributed by atoms with E-state index in [-0.39, 0.29) is 17.6 Å². The lowest BCUT2D eigenvalue weighted by Crippen LogP contribution is -2.29. The molecule has 0 radical (unpaired) electrons. The molecule has 53 heavy (non-hydrogen) atoms. The number of aryl methyl sites for hydroxylation is 1. The van der Waals surface area contributed by atoms with Crippen LogP contribution in [0.2, 0.25) is 0 Å². The lowest BCUT2D eigenvalue weighted by molar-refractivity contribution is -0.120. The highest BCUT2D eigenvalue weighted by molar-refractivity contribution is 7.90. The van der Waals surface area contributed by atoms with Crippen molar-refractivity contribution in [1.82, 2.24) is 14.9 Å². The molecule has 0 saturated heterocycles. The Hall–Kier alpha value is -4.58. The van der Waals surface area contributed by atoms with Crippen LogP contribution >= 0.6 is 0 Å². The first-order valence-electron chi connectivity index (χ1n) is 18.6. The molecule has 0 saturated carbocycles. The Morgan fingerprint density at radius 3 is 2.49 bits per heavy atom. The smallest absolute Gasteiger partial charge is 0.251 e. The fraction of sp³-hybridized carbons (Fsp3) is 0.405. The van der Waals surface area contributed by atoms with Crippen LogP contribution < -0.4 is 20.3 Å². The third kappa shape index (κ3) is 11.7. The Kier molecular flexibility index (Phi) is 15.0. The number of nitrogens with one attached hydrogen (secondary N) is 2. The van der Waals surface area contributed by atoms with Crippen LogP contribution in [0.5, 0.6) is 5.75 Å². The van der Waals surface area contributed by atoms with Crippen LogP contribution in [-0.2, 0) is 37.8 Å². The predicted octanol–water partition coefficient (Wildman–Crippen LogP) is 7.47. The molecule has 0 spiro atoms. The summed E-state index contributed by atoms with van der Waals surface area (Å²) in [5.41, 5.74) is 5.60. The zero-order valence-corrected chi connectivity index (χ0v) is 32.3. The van der Waals surface area contributed by atoms with Gasteiger partial charge in [0.25, 0.3) is 5.91 Å². The lowest BCUT2D eigenvalue weighted by atomic mass is 10.00. The van der Waals surface area contributed by atoms with Crippen molar-refractivity contribution in [3.63, 3.8) is 0 Å². The topological polar surface area (TPSA) is 121 Å². The van der Waals surface area contributed by atoms with Crippen molar-refractivity contribution in [2.75, 3.05) is 50.2 Å². The third-order valence-electron chi connectivity index (χ3n) is 9.07. The molecule has 3 aromatic carbocycles. The summed E-state index contributed by atoms with van der Waals surface area (Å²) < 4.78 is 26.7. The summed E-state index contributed by atoms with van der Waals surface area (Å²) in [5.74, 6) is 2.07. The van der Waals surface area contributed by atoms with Crippen LogP contribution in [0.15, 0.2) is 89.6 Å². The van der Waals surface area contributed by atoms with Gasteiger partial charge in [-0.3, -0.25) is 9.59 Å². The van der Waals surface area contributed by atoms with Crippen LogP contribution in [-0.4, -0.2) is 65.9 Å². The van der Waals surface area contributed by atoms with Crippen LogP contribution in [0, 0.1) is 5.92 Å². The highest BCUT2D eigenvalue weighted by atomic mass is 32.2. The van der Waals surface area contributed by atoms with Gasteiger partial charge in [-0.1, -0.05) is 45.4 Å². The first kappa shape index (κ1) is 39.6. The molecule has 10 nitrogen and oxygen atoms in total. The van der Waals surface area contributed by atoms with Crippen molar-refractivity contribution in [1.29, 1.82) is 0 Å². The molecule has 5 rings (SSSR count). The van der Waals surface area contributed by atoms with Crippen molar-refractivity contribution in [2.24, 2.45) is 5.92 Å². The predicted molar refractivity (Wildman–Crippen MR) is 213 cm³/mol. The third-order valence-corrected chi connectivity index (χ3v) is 10.4. The van der Waals surface area contributed by atoms with E-state index in [0.717, 1.165) is 60.7 Å². The Balaban J connectivity index is 1.24. The molecular weight excluding hydrogens is 687 g/mol. The number of rotatable bonds is 19. The Morgan fingerprint density at radius 2 is 1.75 bits per heavy atom. The average molecular weight is 740 g/mol. The second-order valence-electron chi connectivity index (χ2n) is 13.7. The summed E-state index contributed by atoms with van der Waals surface area (Å²) in [7, 11) is 1.63. The van der Waals surface area contributed by atoms with Gasteiger partial charge in [0.15, 0.2) is 16.5 Å². The molecule has 2 N–H and O–H groups in total. The maximum atomic E-state index is 13.7. The van der Waals surface area contributed by atoms with Gasteiger partial charge in [-0.15, -0.1) is 0 Å². The van der Waals surface area contributed by atoms with Crippen molar-refractivity contribution < 1.29 is 23.6 Å². The van der Waals surface area contributed by atoms with Gasteiger partial charge in [0.05, 0.1) is 6.61 Å². The van der Waals surface area contributed by atoms with Crippen LogP contribution in [0.1, 0.15) is 64.3 Å². The minimum Gasteiger partial charge on any atom is -0.611 e. The van der Waals surface area contributed by atoms with Crippen molar-refractivity contribution in [3.05, 3.63) is 96.1 Å². The molecule has 11 heteroatoms. The second-order valence-corrected chi connectivity index (χ2v) is 15.1. The quantitative estimate of drug-likeness (QED) is 0.0757. The fourth-order valence-electron chi connectivity index (χ4n) is 6.21. The van der Waals surface area contributed by atoms with Gasteiger partial charge < -0.3 is 34.1 Å². The van der Waals surface area contributed by atoms with Crippen molar-refractivity contribution >= 4 is 40.4 Å². The summed E-state index contributed by atoms with van der Waals surface area (Å²) in [6, 6.07) is 21.7. The van der Waals surface area contributed by atoms with E-state index in [1.807, 2.05) is 29.0 Å². The molecule has 1 unspecified atom stereocenters. The highest BCUT2D eigenvalue weighted by Gasteiger charge is 2.22. The molecule has 1 aliphatic rings.